The van der Waals surface area contributed by atoms with Gasteiger partial charge >= 0.3 is 0 Å². The molecule has 0 bridgehead atoms. The van der Waals surface area contributed by atoms with E-state index in [4.69, 9.17) is 5.73 Å². The Morgan fingerprint density at radius 2 is 2.05 bits per heavy atom. The summed E-state index contributed by atoms with van der Waals surface area (Å²) in [7, 11) is 0. The number of aryl methyl sites for hydroxylation is 1. The lowest BCUT2D eigenvalue weighted by atomic mass is 9.95. The van der Waals surface area contributed by atoms with E-state index in [9.17, 15) is 0 Å². The van der Waals surface area contributed by atoms with Gasteiger partial charge in [0.15, 0.2) is 0 Å². The number of nitrogens with zero attached hydrogens (tertiary/aromatic N) is 2. The van der Waals surface area contributed by atoms with E-state index in [1.165, 1.54) is 4.88 Å². The van der Waals surface area contributed by atoms with E-state index in [0.29, 0.717) is 5.92 Å². The molecule has 2 heterocycles. The summed E-state index contributed by atoms with van der Waals surface area (Å²) < 4.78 is 0. The Hall–Kier alpha value is -1.20. The average molecular weight is 278 g/mol. The van der Waals surface area contributed by atoms with Gasteiger partial charge in [0.05, 0.1) is 5.39 Å². The van der Waals surface area contributed by atoms with Crippen molar-refractivity contribution < 1.29 is 0 Å². The first-order valence-electron chi connectivity index (χ1n) is 6.86. The topological polar surface area (TPSA) is 63.8 Å². The Kier molecular flexibility index (Phi) is 4.71. The Morgan fingerprint density at radius 3 is 2.74 bits per heavy atom. The van der Waals surface area contributed by atoms with Gasteiger partial charge in [0, 0.05) is 17.5 Å². The second kappa shape index (κ2) is 6.30. The van der Waals surface area contributed by atoms with Crippen molar-refractivity contribution in [3.8, 4) is 0 Å². The first kappa shape index (κ1) is 14.2. The van der Waals surface area contributed by atoms with E-state index in [1.54, 1.807) is 17.7 Å². The first-order valence-corrected chi connectivity index (χ1v) is 7.67. The second-order valence-electron chi connectivity index (χ2n) is 4.92. The zero-order valence-electron chi connectivity index (χ0n) is 11.8. The monoisotopic (exact) mass is 278 g/mol. The third-order valence-electron chi connectivity index (χ3n) is 3.61. The lowest BCUT2D eigenvalue weighted by molar-refractivity contribution is 0.407. The minimum atomic E-state index is 0.166. The number of thiophene rings is 1. The molecule has 0 aliphatic heterocycles. The Balaban J connectivity index is 2.09. The van der Waals surface area contributed by atoms with Crippen molar-refractivity contribution in [2.45, 2.75) is 39.7 Å². The van der Waals surface area contributed by atoms with Gasteiger partial charge in [-0.25, -0.2) is 9.97 Å². The molecule has 2 aromatic rings. The van der Waals surface area contributed by atoms with Crippen LogP contribution in [-0.4, -0.2) is 22.6 Å². The molecule has 1 atom stereocenters. The minimum Gasteiger partial charge on any atom is -0.368 e. The predicted octanol–water partition coefficient (Wildman–Crippen LogP) is 3.18. The molecule has 0 radical (unpaired) electrons. The summed E-state index contributed by atoms with van der Waals surface area (Å²) in [5, 5.41) is 4.48. The molecule has 0 saturated carbocycles. The van der Waals surface area contributed by atoms with Gasteiger partial charge in [-0.15, -0.1) is 11.3 Å². The van der Waals surface area contributed by atoms with Crippen LogP contribution in [0.3, 0.4) is 0 Å². The van der Waals surface area contributed by atoms with E-state index in [0.717, 1.165) is 35.4 Å². The Labute approximate surface area is 118 Å². The summed E-state index contributed by atoms with van der Waals surface area (Å²) in [6, 6.07) is 2.30. The highest BCUT2D eigenvalue weighted by atomic mass is 32.1. The fraction of sp³-hybridized carbons (Fsp3) is 0.571. The summed E-state index contributed by atoms with van der Waals surface area (Å²) >= 11 is 1.69. The van der Waals surface area contributed by atoms with Gasteiger partial charge in [-0.05, 0) is 18.9 Å². The van der Waals surface area contributed by atoms with Gasteiger partial charge in [-0.3, -0.25) is 0 Å². The van der Waals surface area contributed by atoms with Crippen LogP contribution in [0.15, 0.2) is 12.4 Å². The van der Waals surface area contributed by atoms with Gasteiger partial charge in [-0.1, -0.05) is 26.7 Å². The molecule has 0 amide bonds. The van der Waals surface area contributed by atoms with Crippen molar-refractivity contribution in [3.05, 3.63) is 17.3 Å². The molecule has 0 aromatic carbocycles. The standard InChI is InChI=1S/C14H22N4S/c1-4-10(5-2)12(15)7-16-13-11-6-9(3)19-14(11)18-8-17-13/h6,8,10,12H,4-5,7,15H2,1-3H3,(H,16,17,18). The van der Waals surface area contributed by atoms with Gasteiger partial charge in [0.2, 0.25) is 0 Å². The average Bonchev–Trinajstić information content (AvgIpc) is 2.78. The van der Waals surface area contributed by atoms with E-state index >= 15 is 0 Å². The molecular weight excluding hydrogens is 256 g/mol. The molecule has 2 rings (SSSR count). The van der Waals surface area contributed by atoms with Gasteiger partial charge in [0.1, 0.15) is 17.0 Å². The van der Waals surface area contributed by atoms with Crippen LogP contribution in [-0.2, 0) is 0 Å². The van der Waals surface area contributed by atoms with Crippen LogP contribution in [0.4, 0.5) is 5.82 Å². The number of fused-ring (bicyclic) bond motifs is 1. The number of hydrogen-bond donors (Lipinski definition) is 2. The van der Waals surface area contributed by atoms with Crippen molar-refractivity contribution >= 4 is 27.4 Å². The zero-order chi connectivity index (χ0) is 13.8. The van der Waals surface area contributed by atoms with Crippen LogP contribution in [0.1, 0.15) is 31.6 Å². The lowest BCUT2D eigenvalue weighted by Gasteiger charge is -2.21. The third kappa shape index (κ3) is 3.22. The Bertz CT molecular complexity index is 533. The van der Waals surface area contributed by atoms with E-state index in [1.807, 2.05) is 0 Å². The van der Waals surface area contributed by atoms with E-state index < -0.39 is 0 Å². The summed E-state index contributed by atoms with van der Waals surface area (Å²) in [6.45, 7) is 7.23. The first-order chi connectivity index (χ1) is 9.15. The lowest BCUT2D eigenvalue weighted by Crippen LogP contribution is -2.36. The smallest absolute Gasteiger partial charge is 0.138 e. The highest BCUT2D eigenvalue weighted by molar-refractivity contribution is 7.18. The fourth-order valence-corrected chi connectivity index (χ4v) is 3.24. The summed E-state index contributed by atoms with van der Waals surface area (Å²) in [5.41, 5.74) is 6.23. The van der Waals surface area contributed by atoms with Crippen LogP contribution >= 0.6 is 11.3 Å². The maximum absolute atomic E-state index is 6.23. The normalized spacial score (nSPS) is 13.1. The van der Waals surface area contributed by atoms with Crippen molar-refractivity contribution in [3.63, 3.8) is 0 Å². The van der Waals surface area contributed by atoms with Crippen LogP contribution in [0.5, 0.6) is 0 Å². The maximum atomic E-state index is 6.23. The van der Waals surface area contributed by atoms with Gasteiger partial charge in [0.25, 0.3) is 0 Å². The molecule has 0 fully saturated rings. The molecule has 0 spiro atoms. The molecule has 4 nitrogen and oxygen atoms in total. The van der Waals surface area contributed by atoms with E-state index in [2.05, 4.69) is 42.1 Å². The quantitative estimate of drug-likeness (QED) is 0.852. The molecule has 0 aliphatic rings. The summed E-state index contributed by atoms with van der Waals surface area (Å²) in [4.78, 5) is 10.9. The zero-order valence-corrected chi connectivity index (χ0v) is 12.6. The van der Waals surface area contributed by atoms with Gasteiger partial charge in [-0.2, -0.15) is 0 Å². The molecular formula is C14H22N4S. The van der Waals surface area contributed by atoms with Gasteiger partial charge < -0.3 is 11.1 Å². The highest BCUT2D eigenvalue weighted by Gasteiger charge is 2.14. The number of hydrogen-bond acceptors (Lipinski definition) is 5. The highest BCUT2D eigenvalue weighted by Crippen LogP contribution is 2.27. The number of nitrogens with two attached hydrogens (primary N) is 1. The van der Waals surface area contributed by atoms with E-state index in [-0.39, 0.29) is 6.04 Å². The molecule has 19 heavy (non-hydrogen) atoms. The van der Waals surface area contributed by atoms with Crippen molar-refractivity contribution in [1.82, 2.24) is 9.97 Å². The van der Waals surface area contributed by atoms with Crippen LogP contribution in [0.2, 0.25) is 0 Å². The molecule has 5 heteroatoms. The molecule has 104 valence electrons. The fourth-order valence-electron chi connectivity index (χ4n) is 2.39. The second-order valence-corrected chi connectivity index (χ2v) is 6.15. The third-order valence-corrected chi connectivity index (χ3v) is 4.57. The van der Waals surface area contributed by atoms with Crippen molar-refractivity contribution in [1.29, 1.82) is 0 Å². The molecule has 0 aliphatic carbocycles. The molecule has 1 unspecified atom stereocenters. The number of anilines is 1. The minimum absolute atomic E-state index is 0.166. The summed E-state index contributed by atoms with van der Waals surface area (Å²) in [5.74, 6) is 1.46. The maximum Gasteiger partial charge on any atom is 0.138 e. The van der Waals surface area contributed by atoms with Crippen molar-refractivity contribution in [2.75, 3.05) is 11.9 Å². The number of aromatic nitrogens is 2. The molecule has 2 aromatic heterocycles. The number of rotatable bonds is 6. The van der Waals surface area contributed by atoms with Crippen LogP contribution in [0.25, 0.3) is 10.2 Å². The predicted molar refractivity (Wildman–Crippen MR) is 82.7 cm³/mol. The van der Waals surface area contributed by atoms with Crippen molar-refractivity contribution in [2.24, 2.45) is 11.7 Å². The number of nitrogens with one attached hydrogen (secondary N) is 1. The molecule has 3 N–H and O–H groups in total. The summed E-state index contributed by atoms with van der Waals surface area (Å²) in [6.07, 6.45) is 3.86. The largest absolute Gasteiger partial charge is 0.368 e. The Morgan fingerprint density at radius 1 is 1.32 bits per heavy atom. The SMILES string of the molecule is CCC(CC)C(N)CNc1ncnc2sc(C)cc12. The van der Waals surface area contributed by atoms with Crippen LogP contribution in [0, 0.1) is 12.8 Å². The van der Waals surface area contributed by atoms with Crippen LogP contribution < -0.4 is 11.1 Å². The molecule has 0 saturated heterocycles.